The molecule has 0 aromatic heterocycles. The number of nitrogens with zero attached hydrogens (tertiary/aromatic N) is 2. The molecule has 0 fully saturated rings. The predicted octanol–water partition coefficient (Wildman–Crippen LogP) is 4.38. The molecule has 0 unspecified atom stereocenters. The second-order valence-electron chi connectivity index (χ2n) is 6.99. The molecule has 0 aromatic carbocycles. The molecule has 0 bridgehead atoms. The van der Waals surface area contributed by atoms with Gasteiger partial charge < -0.3 is 9.80 Å². The maximum Gasteiger partial charge on any atom is 0.260 e. The molecule has 2 heterocycles. The van der Waals surface area contributed by atoms with E-state index in [2.05, 4.69) is 13.8 Å². The topological polar surface area (TPSA) is 40.6 Å². The molecule has 0 radical (unpaired) electrons. The molecule has 2 aliphatic heterocycles. The fourth-order valence-electron chi connectivity index (χ4n) is 3.69. The molecule has 4 nitrogen and oxygen atoms in total. The minimum atomic E-state index is 0.0127. The van der Waals surface area contributed by atoms with Gasteiger partial charge in [0, 0.05) is 25.5 Å². The van der Waals surface area contributed by atoms with Crippen molar-refractivity contribution in [2.45, 2.75) is 78.1 Å². The molecule has 0 spiro atoms. The van der Waals surface area contributed by atoms with Gasteiger partial charge in [-0.1, -0.05) is 52.4 Å². The first kappa shape index (κ1) is 18.8. The zero-order valence-corrected chi connectivity index (χ0v) is 15.8. The molecule has 0 aromatic rings. The zero-order valence-electron chi connectivity index (χ0n) is 15.8. The Bertz CT molecular complexity index is 510. The van der Waals surface area contributed by atoms with Crippen LogP contribution in [0, 0.1) is 0 Å². The summed E-state index contributed by atoms with van der Waals surface area (Å²) in [6.45, 7) is 4.38. The smallest absolute Gasteiger partial charge is 0.260 e. The van der Waals surface area contributed by atoms with Crippen molar-refractivity contribution in [1.82, 2.24) is 9.80 Å². The summed E-state index contributed by atoms with van der Waals surface area (Å²) < 4.78 is 0. The monoisotopic (exact) mass is 332 g/mol. The average Bonchev–Trinajstić information content (AvgIpc) is 2.96. The van der Waals surface area contributed by atoms with E-state index in [4.69, 9.17) is 0 Å². The number of amides is 2. The third-order valence-corrected chi connectivity index (χ3v) is 5.21. The summed E-state index contributed by atoms with van der Waals surface area (Å²) in [5.41, 5.74) is 3.25. The van der Waals surface area contributed by atoms with Crippen molar-refractivity contribution >= 4 is 11.8 Å². The molecule has 0 aliphatic carbocycles. The second kappa shape index (κ2) is 8.50. The van der Waals surface area contributed by atoms with Crippen LogP contribution in [0.1, 0.15) is 78.1 Å². The Kier molecular flexibility index (Phi) is 6.64. The van der Waals surface area contributed by atoms with Gasteiger partial charge in [0.15, 0.2) is 0 Å². The summed E-state index contributed by atoms with van der Waals surface area (Å²) in [5, 5.41) is 0. The number of carbonyl (C=O) groups excluding carboxylic acids is 2. The molecule has 4 heteroatoms. The standard InChI is InChI=1S/C20H32N2O2/c1-5-7-9-11-13-15-17-18(20(24)21(15)3)16(22(4)19(17)23)14-12-10-8-6-2/h5-14H2,1-4H3. The van der Waals surface area contributed by atoms with Crippen LogP contribution in [0.15, 0.2) is 22.5 Å². The van der Waals surface area contributed by atoms with Crippen molar-refractivity contribution in [3.63, 3.8) is 0 Å². The van der Waals surface area contributed by atoms with E-state index in [1.807, 2.05) is 14.1 Å². The lowest BCUT2D eigenvalue weighted by molar-refractivity contribution is -0.123. The van der Waals surface area contributed by atoms with Crippen molar-refractivity contribution in [3.8, 4) is 0 Å². The number of rotatable bonds is 10. The molecule has 24 heavy (non-hydrogen) atoms. The summed E-state index contributed by atoms with van der Waals surface area (Å²) in [5.74, 6) is 0.0253. The molecule has 2 aliphatic rings. The lowest BCUT2D eigenvalue weighted by atomic mass is 10.0. The maximum atomic E-state index is 12.7. The number of likely N-dealkylation sites (N-methyl/N-ethyl adjacent to an activating group) is 2. The number of carbonyl (C=O) groups is 2. The Morgan fingerprint density at radius 2 is 1.00 bits per heavy atom. The van der Waals surface area contributed by atoms with Crippen LogP contribution in [0.3, 0.4) is 0 Å². The van der Waals surface area contributed by atoms with Gasteiger partial charge in [-0.25, -0.2) is 0 Å². The molecule has 0 atom stereocenters. The first-order valence-electron chi connectivity index (χ1n) is 9.57. The van der Waals surface area contributed by atoms with Gasteiger partial charge >= 0.3 is 0 Å². The highest BCUT2D eigenvalue weighted by molar-refractivity contribution is 6.19. The van der Waals surface area contributed by atoms with Crippen molar-refractivity contribution in [3.05, 3.63) is 22.5 Å². The van der Waals surface area contributed by atoms with Gasteiger partial charge in [0.1, 0.15) is 0 Å². The van der Waals surface area contributed by atoms with E-state index in [1.54, 1.807) is 9.80 Å². The summed E-state index contributed by atoms with van der Waals surface area (Å²) in [4.78, 5) is 28.9. The SMILES string of the molecule is CCCCCCC1=C2C(=O)N(C)C(CCCCCC)=C2C(=O)N1C. The van der Waals surface area contributed by atoms with Crippen LogP contribution in [-0.2, 0) is 9.59 Å². The Morgan fingerprint density at radius 1 is 0.625 bits per heavy atom. The van der Waals surface area contributed by atoms with E-state index in [0.717, 1.165) is 49.9 Å². The number of fused-ring (bicyclic) bond motifs is 1. The first-order chi connectivity index (χ1) is 11.5. The van der Waals surface area contributed by atoms with Crippen LogP contribution in [0.5, 0.6) is 0 Å². The van der Waals surface area contributed by atoms with Crippen molar-refractivity contribution in [1.29, 1.82) is 0 Å². The van der Waals surface area contributed by atoms with E-state index >= 15 is 0 Å². The highest BCUT2D eigenvalue weighted by Gasteiger charge is 2.44. The summed E-state index contributed by atoms with van der Waals surface area (Å²) in [6.07, 6.45) is 10.8. The van der Waals surface area contributed by atoms with E-state index in [1.165, 1.54) is 25.7 Å². The van der Waals surface area contributed by atoms with Gasteiger partial charge in [0.25, 0.3) is 11.8 Å². The number of allylic oxidation sites excluding steroid dienone is 2. The van der Waals surface area contributed by atoms with Gasteiger partial charge in [-0.3, -0.25) is 9.59 Å². The Labute approximate surface area is 146 Å². The fraction of sp³-hybridized carbons (Fsp3) is 0.700. The van der Waals surface area contributed by atoms with Gasteiger partial charge in [-0.15, -0.1) is 0 Å². The first-order valence-corrected chi connectivity index (χ1v) is 9.57. The van der Waals surface area contributed by atoms with E-state index in [-0.39, 0.29) is 11.8 Å². The largest absolute Gasteiger partial charge is 0.314 e. The third-order valence-electron chi connectivity index (χ3n) is 5.21. The molecular formula is C20H32N2O2. The highest BCUT2D eigenvalue weighted by atomic mass is 16.2. The van der Waals surface area contributed by atoms with Gasteiger partial charge in [0.2, 0.25) is 0 Å². The number of hydrogen-bond donors (Lipinski definition) is 0. The third kappa shape index (κ3) is 3.57. The Hall–Kier alpha value is -1.58. The number of unbranched alkanes of at least 4 members (excludes halogenated alkanes) is 6. The molecule has 2 rings (SSSR count). The highest BCUT2D eigenvalue weighted by Crippen LogP contribution is 2.41. The molecule has 134 valence electrons. The van der Waals surface area contributed by atoms with Crippen LogP contribution >= 0.6 is 0 Å². The lowest BCUT2D eigenvalue weighted by Crippen LogP contribution is -2.26. The summed E-state index contributed by atoms with van der Waals surface area (Å²) in [7, 11) is 3.63. The summed E-state index contributed by atoms with van der Waals surface area (Å²) in [6, 6.07) is 0. The van der Waals surface area contributed by atoms with Crippen LogP contribution in [-0.4, -0.2) is 35.7 Å². The van der Waals surface area contributed by atoms with Crippen LogP contribution in [0.25, 0.3) is 0 Å². The van der Waals surface area contributed by atoms with E-state index in [9.17, 15) is 9.59 Å². The zero-order chi connectivity index (χ0) is 17.7. The minimum absolute atomic E-state index is 0.0127. The predicted molar refractivity (Wildman–Crippen MR) is 97.1 cm³/mol. The van der Waals surface area contributed by atoms with Crippen LogP contribution < -0.4 is 0 Å². The Balaban J connectivity index is 2.19. The van der Waals surface area contributed by atoms with Crippen molar-refractivity contribution in [2.24, 2.45) is 0 Å². The molecule has 0 saturated carbocycles. The average molecular weight is 332 g/mol. The van der Waals surface area contributed by atoms with Crippen LogP contribution in [0.4, 0.5) is 0 Å². The summed E-state index contributed by atoms with van der Waals surface area (Å²) >= 11 is 0. The van der Waals surface area contributed by atoms with Gasteiger partial charge in [-0.2, -0.15) is 0 Å². The quantitative estimate of drug-likeness (QED) is 0.557. The van der Waals surface area contributed by atoms with Crippen molar-refractivity contribution < 1.29 is 9.59 Å². The van der Waals surface area contributed by atoms with Crippen LogP contribution in [0.2, 0.25) is 0 Å². The lowest BCUT2D eigenvalue weighted by Gasteiger charge is -2.19. The normalized spacial score (nSPS) is 17.7. The van der Waals surface area contributed by atoms with Crippen molar-refractivity contribution in [2.75, 3.05) is 14.1 Å². The molecule has 0 N–H and O–H groups in total. The van der Waals surface area contributed by atoms with Gasteiger partial charge in [0.05, 0.1) is 11.1 Å². The Morgan fingerprint density at radius 3 is 1.33 bits per heavy atom. The molecule has 0 saturated heterocycles. The van der Waals surface area contributed by atoms with E-state index < -0.39 is 0 Å². The number of hydrogen-bond acceptors (Lipinski definition) is 2. The molecule has 2 amide bonds. The molecular weight excluding hydrogens is 300 g/mol. The fourth-order valence-corrected chi connectivity index (χ4v) is 3.69. The second-order valence-corrected chi connectivity index (χ2v) is 6.99. The van der Waals surface area contributed by atoms with E-state index in [0.29, 0.717) is 11.1 Å². The minimum Gasteiger partial charge on any atom is -0.314 e. The maximum absolute atomic E-state index is 12.7. The van der Waals surface area contributed by atoms with Gasteiger partial charge in [-0.05, 0) is 25.7 Å².